The van der Waals surface area contributed by atoms with Gasteiger partial charge < -0.3 is 15.7 Å². The number of nitrogens with one attached hydrogen (secondary N) is 2. The van der Waals surface area contributed by atoms with E-state index in [0.29, 0.717) is 13.0 Å². The van der Waals surface area contributed by atoms with E-state index in [-0.39, 0.29) is 23.8 Å². The van der Waals surface area contributed by atoms with Crippen LogP contribution in [-0.4, -0.2) is 35.0 Å². The predicted octanol–water partition coefficient (Wildman–Crippen LogP) is 5.55. The van der Waals surface area contributed by atoms with Gasteiger partial charge in [0.15, 0.2) is 0 Å². The second kappa shape index (κ2) is 20.2. The molecule has 184 valence electrons. The fourth-order valence-corrected chi connectivity index (χ4v) is 2.87. The van der Waals surface area contributed by atoms with Crippen LogP contribution in [0.2, 0.25) is 0 Å². The number of hydrogen-bond acceptors (Lipinski definition) is 4. The van der Waals surface area contributed by atoms with E-state index in [2.05, 4.69) is 83.3 Å². The van der Waals surface area contributed by atoms with Crippen LogP contribution < -0.4 is 10.6 Å². The average molecular weight is 466 g/mol. The minimum atomic E-state index is -0.418. The first-order chi connectivity index (χ1) is 16.6. The molecule has 6 nitrogen and oxygen atoms in total. The molecule has 0 radical (unpaired) electrons. The summed E-state index contributed by atoms with van der Waals surface area (Å²) in [7, 11) is 0. The van der Waals surface area contributed by atoms with Crippen molar-refractivity contribution < 1.29 is 14.7 Å². The lowest BCUT2D eigenvalue weighted by molar-refractivity contribution is -0.121. The van der Waals surface area contributed by atoms with Crippen molar-refractivity contribution in [2.45, 2.75) is 58.3 Å². The predicted molar refractivity (Wildman–Crippen MR) is 140 cm³/mol. The van der Waals surface area contributed by atoms with Crippen molar-refractivity contribution in [3.05, 3.63) is 84.8 Å². The van der Waals surface area contributed by atoms with Gasteiger partial charge >= 0.3 is 0 Å². The van der Waals surface area contributed by atoms with E-state index in [0.717, 1.165) is 44.9 Å². The van der Waals surface area contributed by atoms with Gasteiger partial charge in [0.05, 0.1) is 5.56 Å². The maximum atomic E-state index is 11.9. The molecule has 2 amide bonds. The largest absolute Gasteiger partial charge is 0.507 e. The van der Waals surface area contributed by atoms with Crippen molar-refractivity contribution in [2.75, 3.05) is 13.1 Å². The first-order valence-electron chi connectivity index (χ1n) is 12.1. The Morgan fingerprint density at radius 3 is 2.00 bits per heavy atom. The van der Waals surface area contributed by atoms with E-state index in [1.54, 1.807) is 0 Å². The van der Waals surface area contributed by atoms with Crippen LogP contribution in [-0.2, 0) is 4.79 Å². The van der Waals surface area contributed by atoms with Crippen LogP contribution in [0.1, 0.15) is 68.6 Å². The summed E-state index contributed by atoms with van der Waals surface area (Å²) in [5.74, 6) is -0.573. The number of allylic oxidation sites excluding steroid dienone is 10. The molecule has 0 spiro atoms. The zero-order chi connectivity index (χ0) is 24.7. The van der Waals surface area contributed by atoms with E-state index in [9.17, 15) is 14.7 Å². The van der Waals surface area contributed by atoms with Gasteiger partial charge in [0, 0.05) is 31.9 Å². The summed E-state index contributed by atoms with van der Waals surface area (Å²) in [6.07, 6.45) is 31.4. The molecular weight excluding hydrogens is 426 g/mol. The molecule has 34 heavy (non-hydrogen) atoms. The Balaban J connectivity index is 1.98. The molecule has 0 saturated heterocycles. The van der Waals surface area contributed by atoms with Crippen LogP contribution in [0.25, 0.3) is 0 Å². The lowest BCUT2D eigenvalue weighted by Crippen LogP contribution is -2.34. The van der Waals surface area contributed by atoms with Gasteiger partial charge in [-0.3, -0.25) is 14.6 Å². The summed E-state index contributed by atoms with van der Waals surface area (Å²) in [6, 6.07) is 1.36. The van der Waals surface area contributed by atoms with Crippen LogP contribution in [0.5, 0.6) is 5.75 Å². The van der Waals surface area contributed by atoms with Gasteiger partial charge in [0.25, 0.3) is 5.91 Å². The van der Waals surface area contributed by atoms with Crippen molar-refractivity contribution >= 4 is 11.8 Å². The molecular formula is C28H39N3O3. The molecule has 0 aliphatic carbocycles. The summed E-state index contributed by atoms with van der Waals surface area (Å²) in [6.45, 7) is 2.77. The fourth-order valence-electron chi connectivity index (χ4n) is 2.87. The lowest BCUT2D eigenvalue weighted by Gasteiger charge is -2.07. The van der Waals surface area contributed by atoms with Gasteiger partial charge in [0.1, 0.15) is 5.75 Å². The highest BCUT2D eigenvalue weighted by atomic mass is 16.3. The van der Waals surface area contributed by atoms with Crippen LogP contribution in [0.3, 0.4) is 0 Å². The molecule has 0 atom stereocenters. The highest BCUT2D eigenvalue weighted by molar-refractivity contribution is 5.96. The first-order valence-corrected chi connectivity index (χ1v) is 12.1. The topological polar surface area (TPSA) is 91.3 Å². The monoisotopic (exact) mass is 465 g/mol. The molecule has 0 aromatic carbocycles. The Morgan fingerprint density at radius 1 is 0.853 bits per heavy atom. The number of carbonyl (C=O) groups excluding carboxylic acids is 2. The maximum absolute atomic E-state index is 11.9. The Bertz CT molecular complexity index is 854. The van der Waals surface area contributed by atoms with Crippen LogP contribution >= 0.6 is 0 Å². The van der Waals surface area contributed by atoms with Crippen molar-refractivity contribution in [3.63, 3.8) is 0 Å². The van der Waals surface area contributed by atoms with Gasteiger partial charge in [-0.25, -0.2) is 0 Å². The summed E-state index contributed by atoms with van der Waals surface area (Å²) >= 11 is 0. The molecule has 1 heterocycles. The van der Waals surface area contributed by atoms with Gasteiger partial charge in [-0.2, -0.15) is 0 Å². The van der Waals surface area contributed by atoms with E-state index in [4.69, 9.17) is 0 Å². The number of pyridine rings is 1. The number of unbranched alkanes of at least 4 members (excludes halogenated alkanes) is 1. The molecule has 1 rings (SSSR count). The van der Waals surface area contributed by atoms with E-state index in [1.807, 2.05) is 0 Å². The van der Waals surface area contributed by atoms with E-state index in [1.165, 1.54) is 18.5 Å². The normalized spacial score (nSPS) is 12.0. The minimum absolute atomic E-state index is 0.0363. The van der Waals surface area contributed by atoms with Crippen molar-refractivity contribution in [1.82, 2.24) is 15.6 Å². The zero-order valence-electron chi connectivity index (χ0n) is 20.3. The molecule has 1 aromatic rings. The van der Waals surface area contributed by atoms with Gasteiger partial charge in [-0.05, 0) is 51.0 Å². The van der Waals surface area contributed by atoms with Gasteiger partial charge in [-0.1, -0.05) is 67.7 Å². The Kier molecular flexibility index (Phi) is 17.0. The third-order valence-electron chi connectivity index (χ3n) is 4.71. The van der Waals surface area contributed by atoms with Crippen LogP contribution in [0.15, 0.2) is 79.2 Å². The quantitative estimate of drug-likeness (QED) is 0.208. The molecule has 0 bridgehead atoms. The highest BCUT2D eigenvalue weighted by Gasteiger charge is 2.10. The Morgan fingerprint density at radius 2 is 1.41 bits per heavy atom. The molecule has 6 heteroatoms. The second-order valence-corrected chi connectivity index (χ2v) is 7.60. The SMILES string of the molecule is CC/C=C\C/C=C\C/C=C\C/C=C\C/C=C\CCCC(=O)NCCNC(=O)c1cnccc1O. The molecule has 0 saturated carbocycles. The number of amides is 2. The summed E-state index contributed by atoms with van der Waals surface area (Å²) in [5.41, 5.74) is 0.117. The van der Waals surface area contributed by atoms with Crippen molar-refractivity contribution in [3.8, 4) is 5.75 Å². The summed E-state index contributed by atoms with van der Waals surface area (Å²) in [4.78, 5) is 27.6. The standard InChI is InChI=1S/C28H39N3O3/c1-2-3-4-5-6-7-8-9-10-11-12-13-14-15-16-17-18-19-27(33)30-22-23-31-28(34)25-24-29-21-20-26(25)32/h3-4,6-7,9-10,12-13,15-16,20-21,24H,2,5,8,11,14,17-19,22-23H2,1H3,(H,29,32)(H,30,33)(H,31,34)/b4-3-,7-6-,10-9-,13-12-,16-15-. The third-order valence-corrected chi connectivity index (χ3v) is 4.71. The molecule has 0 aliphatic rings. The van der Waals surface area contributed by atoms with Crippen LogP contribution in [0.4, 0.5) is 0 Å². The second-order valence-electron chi connectivity index (χ2n) is 7.60. The molecule has 3 N–H and O–H groups in total. The smallest absolute Gasteiger partial charge is 0.256 e. The number of rotatable bonds is 17. The summed E-state index contributed by atoms with van der Waals surface area (Å²) in [5, 5.41) is 15.0. The molecule has 0 aliphatic heterocycles. The average Bonchev–Trinajstić information content (AvgIpc) is 2.84. The Hall–Kier alpha value is -3.41. The van der Waals surface area contributed by atoms with Crippen molar-refractivity contribution in [2.24, 2.45) is 0 Å². The summed E-state index contributed by atoms with van der Waals surface area (Å²) < 4.78 is 0. The number of aromatic nitrogens is 1. The van der Waals surface area contributed by atoms with E-state index < -0.39 is 5.91 Å². The number of carbonyl (C=O) groups is 2. The van der Waals surface area contributed by atoms with E-state index >= 15 is 0 Å². The van der Waals surface area contributed by atoms with Gasteiger partial charge in [-0.15, -0.1) is 0 Å². The fraction of sp³-hybridized carbons (Fsp3) is 0.393. The number of nitrogens with zero attached hydrogens (tertiary/aromatic N) is 1. The molecule has 0 unspecified atom stereocenters. The third kappa shape index (κ3) is 15.4. The molecule has 0 fully saturated rings. The Labute approximate surface area is 204 Å². The molecule has 1 aromatic heterocycles. The maximum Gasteiger partial charge on any atom is 0.256 e. The minimum Gasteiger partial charge on any atom is -0.507 e. The number of hydrogen-bond donors (Lipinski definition) is 3. The first kappa shape index (κ1) is 28.6. The van der Waals surface area contributed by atoms with Gasteiger partial charge in [0.2, 0.25) is 5.91 Å². The van der Waals surface area contributed by atoms with Crippen LogP contribution in [0, 0.1) is 0 Å². The van der Waals surface area contributed by atoms with Crippen molar-refractivity contribution in [1.29, 1.82) is 0 Å². The number of aromatic hydroxyl groups is 1. The zero-order valence-corrected chi connectivity index (χ0v) is 20.3. The lowest BCUT2D eigenvalue weighted by atomic mass is 10.2. The highest BCUT2D eigenvalue weighted by Crippen LogP contribution is 2.13.